The zero-order valence-corrected chi connectivity index (χ0v) is 13.1. The Morgan fingerprint density at radius 1 is 1.36 bits per heavy atom. The van der Waals surface area contributed by atoms with Crippen molar-refractivity contribution in [3.8, 4) is 5.75 Å². The van der Waals surface area contributed by atoms with E-state index >= 15 is 0 Å². The molecule has 0 aliphatic carbocycles. The maximum atomic E-state index is 11.9. The number of rotatable bonds is 6. The molecule has 0 fully saturated rings. The second-order valence-corrected chi connectivity index (χ2v) is 5.59. The van der Waals surface area contributed by atoms with Gasteiger partial charge in [-0.25, -0.2) is 0 Å². The first-order valence-electron chi connectivity index (χ1n) is 7.11. The summed E-state index contributed by atoms with van der Waals surface area (Å²) >= 11 is 0. The Kier molecular flexibility index (Phi) is 4.88. The fourth-order valence-electron chi connectivity index (χ4n) is 2.00. The average Bonchev–Trinajstić information content (AvgIpc) is 3.01. The molecule has 0 spiro atoms. The highest BCUT2D eigenvalue weighted by Crippen LogP contribution is 2.20. The van der Waals surface area contributed by atoms with E-state index in [9.17, 15) is 9.90 Å². The fourth-order valence-corrected chi connectivity index (χ4v) is 2.00. The van der Waals surface area contributed by atoms with Crippen molar-refractivity contribution in [2.45, 2.75) is 26.4 Å². The number of hydrogen-bond donors (Lipinski definition) is 2. The molecule has 0 saturated carbocycles. The summed E-state index contributed by atoms with van der Waals surface area (Å²) in [6.07, 6.45) is 1.48. The smallest absolute Gasteiger partial charge is 0.258 e. The standard InChI is InChI=1S/C17H21NO4/c1-12-6-7-13(2)14(9-12)22-10-16(19)18-11-17(3,20)15-5-4-8-21-15/h4-9,20H,10-11H2,1-3H3,(H,18,19). The predicted molar refractivity (Wildman–Crippen MR) is 82.7 cm³/mol. The minimum Gasteiger partial charge on any atom is -0.483 e. The molecule has 0 aliphatic heterocycles. The van der Waals surface area contributed by atoms with E-state index in [2.05, 4.69) is 5.32 Å². The summed E-state index contributed by atoms with van der Waals surface area (Å²) in [7, 11) is 0. The molecule has 0 aliphatic rings. The lowest BCUT2D eigenvalue weighted by atomic mass is 10.0. The molecule has 118 valence electrons. The summed E-state index contributed by atoms with van der Waals surface area (Å²) in [5.74, 6) is 0.795. The molecular formula is C17H21NO4. The lowest BCUT2D eigenvalue weighted by molar-refractivity contribution is -0.124. The highest BCUT2D eigenvalue weighted by molar-refractivity contribution is 5.77. The average molecular weight is 303 g/mol. The normalized spacial score (nSPS) is 13.5. The van der Waals surface area contributed by atoms with Crippen molar-refractivity contribution in [1.82, 2.24) is 5.32 Å². The van der Waals surface area contributed by atoms with Gasteiger partial charge in [0, 0.05) is 0 Å². The first-order chi connectivity index (χ1) is 10.4. The number of aliphatic hydroxyl groups is 1. The van der Waals surface area contributed by atoms with Crippen LogP contribution in [0, 0.1) is 13.8 Å². The van der Waals surface area contributed by atoms with Gasteiger partial charge in [-0.1, -0.05) is 12.1 Å². The van der Waals surface area contributed by atoms with Crippen LogP contribution in [-0.2, 0) is 10.4 Å². The number of furan rings is 1. The number of aryl methyl sites for hydroxylation is 2. The number of nitrogens with one attached hydrogen (secondary N) is 1. The Bertz CT molecular complexity index is 632. The molecule has 1 amide bonds. The van der Waals surface area contributed by atoms with Gasteiger partial charge in [-0.3, -0.25) is 4.79 Å². The quantitative estimate of drug-likeness (QED) is 0.859. The monoisotopic (exact) mass is 303 g/mol. The Hall–Kier alpha value is -2.27. The topological polar surface area (TPSA) is 71.7 Å². The van der Waals surface area contributed by atoms with Crippen LogP contribution in [0.25, 0.3) is 0 Å². The third-order valence-electron chi connectivity index (χ3n) is 3.38. The minimum atomic E-state index is -1.25. The van der Waals surface area contributed by atoms with E-state index in [1.165, 1.54) is 6.26 Å². The first-order valence-corrected chi connectivity index (χ1v) is 7.11. The molecule has 2 N–H and O–H groups in total. The highest BCUT2D eigenvalue weighted by atomic mass is 16.5. The maximum absolute atomic E-state index is 11.9. The summed E-state index contributed by atoms with van der Waals surface area (Å²) in [4.78, 5) is 11.9. The van der Waals surface area contributed by atoms with Gasteiger partial charge in [0.05, 0.1) is 12.8 Å². The lowest BCUT2D eigenvalue weighted by Gasteiger charge is -2.21. The summed E-state index contributed by atoms with van der Waals surface area (Å²) in [6, 6.07) is 9.18. The van der Waals surface area contributed by atoms with Crippen LogP contribution in [0.1, 0.15) is 23.8 Å². The molecule has 1 unspecified atom stereocenters. The third kappa shape index (κ3) is 4.11. The van der Waals surface area contributed by atoms with Gasteiger partial charge in [0.1, 0.15) is 17.1 Å². The van der Waals surface area contributed by atoms with E-state index in [1.807, 2.05) is 32.0 Å². The number of ether oxygens (including phenoxy) is 1. The van der Waals surface area contributed by atoms with Gasteiger partial charge < -0.3 is 19.6 Å². The summed E-state index contributed by atoms with van der Waals surface area (Å²) in [6.45, 7) is 5.42. The van der Waals surface area contributed by atoms with Crippen LogP contribution in [0.4, 0.5) is 0 Å². The van der Waals surface area contributed by atoms with Crippen molar-refractivity contribution in [2.24, 2.45) is 0 Å². The second kappa shape index (κ2) is 6.66. The molecule has 1 heterocycles. The number of benzene rings is 1. The molecule has 0 saturated heterocycles. The van der Waals surface area contributed by atoms with E-state index in [0.717, 1.165) is 11.1 Å². The van der Waals surface area contributed by atoms with E-state index in [4.69, 9.17) is 9.15 Å². The van der Waals surface area contributed by atoms with Crippen LogP contribution in [-0.4, -0.2) is 24.2 Å². The summed E-state index contributed by atoms with van der Waals surface area (Å²) in [5.41, 5.74) is 0.793. The molecule has 2 aromatic rings. The van der Waals surface area contributed by atoms with Crippen LogP contribution in [0.3, 0.4) is 0 Å². The first kappa shape index (κ1) is 16.1. The molecule has 1 aromatic heterocycles. The third-order valence-corrected chi connectivity index (χ3v) is 3.38. The molecule has 5 heteroatoms. The maximum Gasteiger partial charge on any atom is 0.258 e. The molecule has 5 nitrogen and oxygen atoms in total. The number of hydrogen-bond acceptors (Lipinski definition) is 4. The highest BCUT2D eigenvalue weighted by Gasteiger charge is 2.26. The van der Waals surface area contributed by atoms with E-state index in [-0.39, 0.29) is 19.1 Å². The van der Waals surface area contributed by atoms with E-state index in [0.29, 0.717) is 11.5 Å². The molecule has 0 bridgehead atoms. The van der Waals surface area contributed by atoms with Gasteiger partial charge >= 0.3 is 0 Å². The minimum absolute atomic E-state index is 0.0511. The van der Waals surface area contributed by atoms with Gasteiger partial charge in [-0.2, -0.15) is 0 Å². The Balaban J connectivity index is 1.85. The van der Waals surface area contributed by atoms with Crippen molar-refractivity contribution < 1.29 is 19.1 Å². The molecule has 22 heavy (non-hydrogen) atoms. The van der Waals surface area contributed by atoms with Gasteiger partial charge in [0.2, 0.25) is 0 Å². The van der Waals surface area contributed by atoms with Crippen molar-refractivity contribution >= 4 is 5.91 Å². The number of carbonyl (C=O) groups excluding carboxylic acids is 1. The predicted octanol–water partition coefficient (Wildman–Crippen LogP) is 2.30. The van der Waals surface area contributed by atoms with Gasteiger partial charge in [-0.05, 0) is 50.1 Å². The largest absolute Gasteiger partial charge is 0.483 e. The van der Waals surface area contributed by atoms with Gasteiger partial charge in [0.15, 0.2) is 6.61 Å². The van der Waals surface area contributed by atoms with Gasteiger partial charge in [-0.15, -0.1) is 0 Å². The van der Waals surface area contributed by atoms with Crippen LogP contribution in [0.15, 0.2) is 41.0 Å². The van der Waals surface area contributed by atoms with Crippen molar-refractivity contribution in [3.05, 3.63) is 53.5 Å². The van der Waals surface area contributed by atoms with Crippen molar-refractivity contribution in [3.63, 3.8) is 0 Å². The molecule has 1 aromatic carbocycles. The molecule has 2 rings (SSSR count). The van der Waals surface area contributed by atoms with Crippen LogP contribution < -0.4 is 10.1 Å². The number of carbonyl (C=O) groups is 1. The van der Waals surface area contributed by atoms with E-state index < -0.39 is 5.60 Å². The zero-order valence-electron chi connectivity index (χ0n) is 13.1. The Morgan fingerprint density at radius 3 is 2.82 bits per heavy atom. The van der Waals surface area contributed by atoms with Gasteiger partial charge in [0.25, 0.3) is 5.91 Å². The number of amides is 1. The molecular weight excluding hydrogens is 282 g/mol. The molecule has 0 radical (unpaired) electrons. The second-order valence-electron chi connectivity index (χ2n) is 5.59. The SMILES string of the molecule is Cc1ccc(C)c(OCC(=O)NCC(C)(O)c2ccco2)c1. The van der Waals surface area contributed by atoms with Crippen molar-refractivity contribution in [2.75, 3.05) is 13.2 Å². The summed E-state index contributed by atoms with van der Waals surface area (Å²) < 4.78 is 10.7. The van der Waals surface area contributed by atoms with E-state index in [1.54, 1.807) is 19.1 Å². The van der Waals surface area contributed by atoms with Crippen LogP contribution >= 0.6 is 0 Å². The summed E-state index contributed by atoms with van der Waals surface area (Å²) in [5, 5.41) is 12.9. The van der Waals surface area contributed by atoms with Crippen LogP contribution in [0.2, 0.25) is 0 Å². The Labute approximate surface area is 129 Å². The van der Waals surface area contributed by atoms with Crippen molar-refractivity contribution in [1.29, 1.82) is 0 Å². The fraction of sp³-hybridized carbons (Fsp3) is 0.353. The zero-order chi connectivity index (χ0) is 16.2. The lowest BCUT2D eigenvalue weighted by Crippen LogP contribution is -2.40. The van der Waals surface area contributed by atoms with Crippen LogP contribution in [0.5, 0.6) is 5.75 Å². The Morgan fingerprint density at radius 2 is 2.14 bits per heavy atom. The molecule has 1 atom stereocenters.